The Balaban J connectivity index is 1.59. The zero-order valence-electron chi connectivity index (χ0n) is 14.0. The van der Waals surface area contributed by atoms with Crippen LogP contribution in [0.3, 0.4) is 0 Å². The molecule has 1 aliphatic carbocycles. The summed E-state index contributed by atoms with van der Waals surface area (Å²) in [7, 11) is 1.86. The van der Waals surface area contributed by atoms with Gasteiger partial charge in [-0.1, -0.05) is 31.4 Å². The number of carbonyl (C=O) groups excluding carboxylic acids is 1. The number of fused-ring (bicyclic) bond motifs is 1. The highest BCUT2D eigenvalue weighted by Gasteiger charge is 2.17. The summed E-state index contributed by atoms with van der Waals surface area (Å²) in [5.74, 6) is 0.610. The van der Waals surface area contributed by atoms with Gasteiger partial charge in [0.25, 0.3) is 5.56 Å². The Morgan fingerprint density at radius 1 is 1.29 bits per heavy atom. The van der Waals surface area contributed by atoms with E-state index in [4.69, 9.17) is 0 Å². The third-order valence-electron chi connectivity index (χ3n) is 4.47. The molecule has 0 bridgehead atoms. The summed E-state index contributed by atoms with van der Waals surface area (Å²) < 4.78 is 0. The summed E-state index contributed by atoms with van der Waals surface area (Å²) in [6, 6.07) is 7.58. The zero-order valence-corrected chi connectivity index (χ0v) is 14.0. The van der Waals surface area contributed by atoms with Crippen molar-refractivity contribution in [3.8, 4) is 0 Å². The SMILES string of the molecule is CN(CC(=O)NC1CCCCC1)Cc1nc2ccccc2c(=O)[nH]1. The van der Waals surface area contributed by atoms with Gasteiger partial charge in [0, 0.05) is 6.04 Å². The Bertz CT molecular complexity index is 765. The molecular weight excluding hydrogens is 304 g/mol. The number of aromatic nitrogens is 2. The number of benzene rings is 1. The average molecular weight is 328 g/mol. The summed E-state index contributed by atoms with van der Waals surface area (Å²) in [5, 5.41) is 3.69. The van der Waals surface area contributed by atoms with Crippen LogP contribution in [0.25, 0.3) is 10.9 Å². The molecule has 0 unspecified atom stereocenters. The van der Waals surface area contributed by atoms with E-state index in [0.29, 0.717) is 35.9 Å². The number of rotatable bonds is 5. The number of carbonyl (C=O) groups is 1. The monoisotopic (exact) mass is 328 g/mol. The molecule has 1 fully saturated rings. The molecule has 1 aromatic heterocycles. The summed E-state index contributed by atoms with van der Waals surface area (Å²) in [4.78, 5) is 33.4. The number of H-pyrrole nitrogens is 1. The third kappa shape index (κ3) is 4.20. The second-order valence-corrected chi connectivity index (χ2v) is 6.60. The Labute approximate surface area is 141 Å². The highest BCUT2D eigenvalue weighted by molar-refractivity contribution is 5.78. The molecule has 0 saturated heterocycles. The van der Waals surface area contributed by atoms with Gasteiger partial charge in [-0.2, -0.15) is 0 Å². The first-order chi connectivity index (χ1) is 11.6. The minimum Gasteiger partial charge on any atom is -0.352 e. The van der Waals surface area contributed by atoms with Crippen LogP contribution in [0.2, 0.25) is 0 Å². The molecule has 128 valence electrons. The summed E-state index contributed by atoms with van der Waals surface area (Å²) >= 11 is 0. The smallest absolute Gasteiger partial charge is 0.258 e. The molecule has 0 spiro atoms. The average Bonchev–Trinajstić information content (AvgIpc) is 2.55. The fourth-order valence-corrected chi connectivity index (χ4v) is 3.29. The molecule has 6 heteroatoms. The third-order valence-corrected chi connectivity index (χ3v) is 4.47. The minimum atomic E-state index is -0.143. The van der Waals surface area contributed by atoms with E-state index in [-0.39, 0.29) is 11.5 Å². The van der Waals surface area contributed by atoms with Crippen molar-refractivity contribution >= 4 is 16.8 Å². The van der Waals surface area contributed by atoms with E-state index in [9.17, 15) is 9.59 Å². The normalized spacial score (nSPS) is 15.8. The number of aromatic amines is 1. The lowest BCUT2D eigenvalue weighted by atomic mass is 9.95. The first-order valence-corrected chi connectivity index (χ1v) is 8.57. The number of nitrogens with zero attached hydrogens (tertiary/aromatic N) is 2. The zero-order chi connectivity index (χ0) is 16.9. The van der Waals surface area contributed by atoms with E-state index < -0.39 is 0 Å². The predicted octanol–water partition coefficient (Wildman–Crippen LogP) is 1.80. The molecule has 3 rings (SSSR count). The van der Waals surface area contributed by atoms with E-state index in [1.165, 1.54) is 19.3 Å². The van der Waals surface area contributed by atoms with Gasteiger partial charge in [-0.25, -0.2) is 4.98 Å². The largest absolute Gasteiger partial charge is 0.352 e. The first-order valence-electron chi connectivity index (χ1n) is 8.57. The molecule has 2 aromatic rings. The second-order valence-electron chi connectivity index (χ2n) is 6.60. The molecule has 6 nitrogen and oxygen atoms in total. The van der Waals surface area contributed by atoms with Gasteiger partial charge in [0.05, 0.1) is 24.0 Å². The van der Waals surface area contributed by atoms with Gasteiger partial charge in [-0.3, -0.25) is 14.5 Å². The molecule has 0 radical (unpaired) electrons. The number of hydrogen-bond acceptors (Lipinski definition) is 4. The maximum absolute atomic E-state index is 12.1. The first kappa shape index (κ1) is 16.6. The Kier molecular flexibility index (Phi) is 5.25. The summed E-state index contributed by atoms with van der Waals surface area (Å²) in [5.41, 5.74) is 0.534. The molecule has 24 heavy (non-hydrogen) atoms. The van der Waals surface area contributed by atoms with Crippen molar-refractivity contribution in [2.24, 2.45) is 0 Å². The summed E-state index contributed by atoms with van der Waals surface area (Å²) in [6.45, 7) is 0.727. The van der Waals surface area contributed by atoms with Gasteiger partial charge in [0.2, 0.25) is 5.91 Å². The van der Waals surface area contributed by atoms with Crippen LogP contribution >= 0.6 is 0 Å². The van der Waals surface area contributed by atoms with E-state index >= 15 is 0 Å². The van der Waals surface area contributed by atoms with Crippen molar-refractivity contribution in [2.45, 2.75) is 44.7 Å². The quantitative estimate of drug-likeness (QED) is 0.877. The fourth-order valence-electron chi connectivity index (χ4n) is 3.29. The molecular formula is C18H24N4O2. The number of para-hydroxylation sites is 1. The van der Waals surface area contributed by atoms with Crippen molar-refractivity contribution in [3.05, 3.63) is 40.4 Å². The van der Waals surface area contributed by atoms with Gasteiger partial charge >= 0.3 is 0 Å². The number of nitrogens with one attached hydrogen (secondary N) is 2. The Morgan fingerprint density at radius 3 is 2.83 bits per heavy atom. The van der Waals surface area contributed by atoms with Crippen molar-refractivity contribution in [1.82, 2.24) is 20.2 Å². The topological polar surface area (TPSA) is 78.1 Å². The molecule has 0 atom stereocenters. The van der Waals surface area contributed by atoms with Crippen molar-refractivity contribution in [2.75, 3.05) is 13.6 Å². The van der Waals surface area contributed by atoms with Gasteiger partial charge < -0.3 is 10.3 Å². The van der Waals surface area contributed by atoms with Crippen LogP contribution in [0.4, 0.5) is 0 Å². The van der Waals surface area contributed by atoms with Gasteiger partial charge in [0.15, 0.2) is 0 Å². The maximum atomic E-state index is 12.1. The van der Waals surface area contributed by atoms with E-state index in [2.05, 4.69) is 15.3 Å². The minimum absolute atomic E-state index is 0.0348. The highest BCUT2D eigenvalue weighted by atomic mass is 16.2. The van der Waals surface area contributed by atoms with E-state index in [1.54, 1.807) is 6.07 Å². The van der Waals surface area contributed by atoms with Crippen molar-refractivity contribution in [3.63, 3.8) is 0 Å². The molecule has 2 N–H and O–H groups in total. The number of amides is 1. The van der Waals surface area contributed by atoms with E-state index in [1.807, 2.05) is 30.1 Å². The Morgan fingerprint density at radius 2 is 2.04 bits per heavy atom. The Hall–Kier alpha value is -2.21. The van der Waals surface area contributed by atoms with Crippen LogP contribution in [0.5, 0.6) is 0 Å². The molecule has 1 amide bonds. The molecule has 0 aliphatic heterocycles. The molecule has 1 aromatic carbocycles. The van der Waals surface area contributed by atoms with Crippen molar-refractivity contribution in [1.29, 1.82) is 0 Å². The van der Waals surface area contributed by atoms with E-state index in [0.717, 1.165) is 12.8 Å². The van der Waals surface area contributed by atoms with Gasteiger partial charge in [-0.15, -0.1) is 0 Å². The van der Waals surface area contributed by atoms with Crippen LogP contribution in [0, 0.1) is 0 Å². The second kappa shape index (κ2) is 7.57. The van der Waals surface area contributed by atoms with Gasteiger partial charge in [-0.05, 0) is 32.0 Å². The molecule has 1 aliphatic rings. The predicted molar refractivity (Wildman–Crippen MR) is 93.7 cm³/mol. The fraction of sp³-hybridized carbons (Fsp3) is 0.500. The number of likely N-dealkylation sites (N-methyl/N-ethyl adjacent to an activating group) is 1. The van der Waals surface area contributed by atoms with Crippen LogP contribution in [0.15, 0.2) is 29.1 Å². The van der Waals surface area contributed by atoms with Crippen LogP contribution < -0.4 is 10.9 Å². The lowest BCUT2D eigenvalue weighted by Gasteiger charge is -2.24. The molecule has 1 heterocycles. The van der Waals surface area contributed by atoms with Crippen LogP contribution in [-0.2, 0) is 11.3 Å². The lowest BCUT2D eigenvalue weighted by molar-refractivity contribution is -0.123. The van der Waals surface area contributed by atoms with Crippen molar-refractivity contribution < 1.29 is 4.79 Å². The standard InChI is InChI=1S/C18H24N4O2/c1-22(12-17(23)19-13-7-3-2-4-8-13)11-16-20-15-10-6-5-9-14(15)18(24)21-16/h5-6,9-10,13H,2-4,7-8,11-12H2,1H3,(H,19,23)(H,20,21,24). The summed E-state index contributed by atoms with van der Waals surface area (Å²) in [6.07, 6.45) is 5.82. The van der Waals surface area contributed by atoms with Crippen LogP contribution in [-0.4, -0.2) is 40.4 Å². The van der Waals surface area contributed by atoms with Gasteiger partial charge in [0.1, 0.15) is 5.82 Å². The number of hydrogen-bond donors (Lipinski definition) is 2. The van der Waals surface area contributed by atoms with Crippen LogP contribution in [0.1, 0.15) is 37.9 Å². The lowest BCUT2D eigenvalue weighted by Crippen LogP contribution is -2.41. The highest BCUT2D eigenvalue weighted by Crippen LogP contribution is 2.17. The molecule has 1 saturated carbocycles. The maximum Gasteiger partial charge on any atom is 0.258 e.